The number of carbonyl (C=O) groups excluding carboxylic acids is 1. The number of pyridine rings is 1. The van der Waals surface area contributed by atoms with Crippen molar-refractivity contribution in [3.63, 3.8) is 0 Å². The van der Waals surface area contributed by atoms with Crippen LogP contribution in [-0.2, 0) is 10.9 Å². The van der Waals surface area contributed by atoms with Crippen molar-refractivity contribution >= 4 is 6.09 Å². The van der Waals surface area contributed by atoms with Gasteiger partial charge in [-0.2, -0.15) is 13.2 Å². The molecule has 2 aromatic carbocycles. The van der Waals surface area contributed by atoms with Gasteiger partial charge in [0.25, 0.3) is 0 Å². The first-order valence-electron chi connectivity index (χ1n) is 9.27. The molecule has 1 aliphatic heterocycles. The van der Waals surface area contributed by atoms with Crippen LogP contribution in [0.15, 0.2) is 60.9 Å². The molecule has 2 heterocycles. The van der Waals surface area contributed by atoms with Gasteiger partial charge < -0.3 is 10.1 Å². The summed E-state index contributed by atoms with van der Waals surface area (Å²) in [5.41, 5.74) is -0.0573. The molecule has 1 aliphatic rings. The molecule has 1 N–H and O–H groups in total. The summed E-state index contributed by atoms with van der Waals surface area (Å²) in [7, 11) is 0. The van der Waals surface area contributed by atoms with Crippen LogP contribution >= 0.6 is 0 Å². The summed E-state index contributed by atoms with van der Waals surface area (Å²) in [6, 6.07) is 8.06. The molecule has 2 unspecified atom stereocenters. The molecule has 9 heteroatoms. The number of halogens is 5. The van der Waals surface area contributed by atoms with Crippen molar-refractivity contribution in [2.45, 2.75) is 18.3 Å². The Morgan fingerprint density at radius 2 is 1.75 bits per heavy atom. The van der Waals surface area contributed by atoms with Crippen molar-refractivity contribution < 1.29 is 31.5 Å². The Kier molecular flexibility index (Phi) is 5.53. The summed E-state index contributed by atoms with van der Waals surface area (Å²) in [6.07, 6.45) is -3.66. The van der Waals surface area contributed by atoms with E-state index in [-0.39, 0.29) is 11.1 Å². The Labute approximate surface area is 179 Å². The number of hydrogen-bond acceptors (Lipinski definition) is 3. The first kappa shape index (κ1) is 21.3. The fraction of sp³-hybridized carbons (Fsp3) is 0.130. The number of ether oxygens (including phenoxy) is 1. The molecule has 4 nitrogen and oxygen atoms in total. The summed E-state index contributed by atoms with van der Waals surface area (Å²) in [5.74, 6) is 3.93. The molecule has 1 amide bonds. The van der Waals surface area contributed by atoms with Crippen molar-refractivity contribution in [1.82, 2.24) is 10.3 Å². The highest BCUT2D eigenvalue weighted by Gasteiger charge is 2.38. The second kappa shape index (κ2) is 8.30. The van der Waals surface area contributed by atoms with E-state index in [1.165, 1.54) is 30.6 Å². The molecule has 1 aromatic heterocycles. The number of aromatic nitrogens is 1. The van der Waals surface area contributed by atoms with Gasteiger partial charge in [-0.25, -0.2) is 13.6 Å². The number of hydrogen-bond donors (Lipinski definition) is 1. The fourth-order valence-corrected chi connectivity index (χ4v) is 3.27. The van der Waals surface area contributed by atoms with Crippen LogP contribution in [0.3, 0.4) is 0 Å². The SMILES string of the molecule is O=C1NC(c2cncc(C#Cc3cccc(C(F)(F)F)c3)c2)C(c2cc(F)ccc2F)O1. The maximum Gasteiger partial charge on any atom is 0.416 e. The minimum atomic E-state index is -4.49. The summed E-state index contributed by atoms with van der Waals surface area (Å²) >= 11 is 0. The molecular formula is C23H13F5N2O2. The van der Waals surface area contributed by atoms with Crippen LogP contribution in [0.2, 0.25) is 0 Å². The minimum Gasteiger partial charge on any atom is -0.439 e. The Hall–Kier alpha value is -3.93. The van der Waals surface area contributed by atoms with Crippen molar-refractivity contribution in [2.24, 2.45) is 0 Å². The molecule has 3 aromatic rings. The van der Waals surface area contributed by atoms with Crippen LogP contribution in [0.5, 0.6) is 0 Å². The average Bonchev–Trinajstić information content (AvgIpc) is 3.15. The van der Waals surface area contributed by atoms with Gasteiger partial charge in [0.15, 0.2) is 6.10 Å². The number of cyclic esters (lactones) is 1. The molecule has 0 spiro atoms. The second-order valence-corrected chi connectivity index (χ2v) is 6.95. The van der Waals surface area contributed by atoms with Gasteiger partial charge in [-0.1, -0.05) is 17.9 Å². The lowest BCUT2D eigenvalue weighted by molar-refractivity contribution is -0.137. The van der Waals surface area contributed by atoms with Crippen LogP contribution < -0.4 is 5.32 Å². The lowest BCUT2D eigenvalue weighted by Crippen LogP contribution is -2.20. The Morgan fingerprint density at radius 3 is 2.53 bits per heavy atom. The topological polar surface area (TPSA) is 51.2 Å². The van der Waals surface area contributed by atoms with Gasteiger partial charge in [-0.3, -0.25) is 4.98 Å². The highest BCUT2D eigenvalue weighted by Crippen LogP contribution is 2.38. The predicted molar refractivity (Wildman–Crippen MR) is 103 cm³/mol. The number of alkyl carbamates (subject to hydrolysis) is 1. The van der Waals surface area contributed by atoms with Gasteiger partial charge in [0.05, 0.1) is 5.56 Å². The monoisotopic (exact) mass is 444 g/mol. The van der Waals surface area contributed by atoms with E-state index in [1.54, 1.807) is 0 Å². The zero-order chi connectivity index (χ0) is 22.9. The first-order chi connectivity index (χ1) is 15.2. The summed E-state index contributed by atoms with van der Waals surface area (Å²) in [4.78, 5) is 15.9. The van der Waals surface area contributed by atoms with Gasteiger partial charge >= 0.3 is 12.3 Å². The Balaban J connectivity index is 1.64. The molecule has 1 saturated heterocycles. The number of carbonyl (C=O) groups is 1. The van der Waals surface area contributed by atoms with E-state index in [2.05, 4.69) is 22.1 Å². The number of amides is 1. The number of alkyl halides is 3. The molecule has 2 atom stereocenters. The van der Waals surface area contributed by atoms with Gasteiger partial charge in [-0.15, -0.1) is 0 Å². The maximum atomic E-state index is 14.2. The first-order valence-corrected chi connectivity index (χ1v) is 9.27. The minimum absolute atomic E-state index is 0.145. The van der Waals surface area contributed by atoms with Crippen molar-refractivity contribution in [2.75, 3.05) is 0 Å². The molecular weight excluding hydrogens is 431 g/mol. The maximum absolute atomic E-state index is 14.2. The quantitative estimate of drug-likeness (QED) is 0.431. The van der Waals surface area contributed by atoms with Gasteiger partial charge in [0.2, 0.25) is 0 Å². The van der Waals surface area contributed by atoms with E-state index in [9.17, 15) is 26.7 Å². The third-order valence-corrected chi connectivity index (χ3v) is 4.73. The van der Waals surface area contributed by atoms with E-state index >= 15 is 0 Å². The van der Waals surface area contributed by atoms with Crippen molar-refractivity contribution in [1.29, 1.82) is 0 Å². The normalized spacial score (nSPS) is 17.8. The van der Waals surface area contributed by atoms with Crippen LogP contribution in [0.4, 0.5) is 26.7 Å². The fourth-order valence-electron chi connectivity index (χ4n) is 3.27. The lowest BCUT2D eigenvalue weighted by atomic mass is 9.96. The highest BCUT2D eigenvalue weighted by atomic mass is 19.4. The molecule has 0 aliphatic carbocycles. The zero-order valence-electron chi connectivity index (χ0n) is 16.1. The number of nitrogens with one attached hydrogen (secondary N) is 1. The lowest BCUT2D eigenvalue weighted by Gasteiger charge is -2.18. The third kappa shape index (κ3) is 4.54. The van der Waals surface area contributed by atoms with Gasteiger partial charge in [-0.05, 0) is 48.0 Å². The standard InChI is InChI=1S/C23H13F5N2O2/c24-17-6-7-19(25)18(10-17)21-20(30-22(31)32-21)15-8-14(11-29-12-15)5-4-13-2-1-3-16(9-13)23(26,27)28/h1-3,6-12,20-21H,(H,30,31). The van der Waals surface area contributed by atoms with Gasteiger partial charge in [0, 0.05) is 29.1 Å². The largest absolute Gasteiger partial charge is 0.439 e. The van der Waals surface area contributed by atoms with E-state index < -0.39 is 41.6 Å². The molecule has 1 fully saturated rings. The molecule has 4 rings (SSSR count). The third-order valence-electron chi connectivity index (χ3n) is 4.73. The average molecular weight is 444 g/mol. The summed E-state index contributed by atoms with van der Waals surface area (Å²) in [6.45, 7) is 0. The van der Waals surface area contributed by atoms with Crippen LogP contribution in [-0.4, -0.2) is 11.1 Å². The summed E-state index contributed by atoms with van der Waals surface area (Å²) in [5, 5.41) is 2.53. The Bertz CT molecular complexity index is 1250. The molecule has 32 heavy (non-hydrogen) atoms. The van der Waals surface area contributed by atoms with E-state index in [0.29, 0.717) is 11.1 Å². The molecule has 0 saturated carbocycles. The number of rotatable bonds is 2. The molecule has 0 radical (unpaired) electrons. The van der Waals surface area contributed by atoms with Crippen LogP contribution in [0.25, 0.3) is 0 Å². The van der Waals surface area contributed by atoms with Crippen molar-refractivity contribution in [3.05, 3.63) is 100 Å². The second-order valence-electron chi connectivity index (χ2n) is 6.95. The number of nitrogens with zero attached hydrogens (tertiary/aromatic N) is 1. The summed E-state index contributed by atoms with van der Waals surface area (Å²) < 4.78 is 71.6. The molecule has 162 valence electrons. The van der Waals surface area contributed by atoms with Crippen molar-refractivity contribution in [3.8, 4) is 11.8 Å². The Morgan fingerprint density at radius 1 is 0.969 bits per heavy atom. The zero-order valence-corrected chi connectivity index (χ0v) is 16.1. The smallest absolute Gasteiger partial charge is 0.416 e. The highest BCUT2D eigenvalue weighted by molar-refractivity contribution is 5.71. The number of benzene rings is 2. The van der Waals surface area contributed by atoms with E-state index in [1.807, 2.05) is 0 Å². The van der Waals surface area contributed by atoms with E-state index in [4.69, 9.17) is 4.74 Å². The molecule has 0 bridgehead atoms. The van der Waals surface area contributed by atoms with Crippen LogP contribution in [0.1, 0.15) is 40.0 Å². The predicted octanol–water partition coefficient (Wildman–Crippen LogP) is 5.30. The van der Waals surface area contributed by atoms with Gasteiger partial charge in [0.1, 0.15) is 17.7 Å². The van der Waals surface area contributed by atoms with E-state index in [0.717, 1.165) is 30.3 Å². The van der Waals surface area contributed by atoms with Crippen LogP contribution in [0, 0.1) is 23.5 Å².